The maximum absolute atomic E-state index is 12.7. The quantitative estimate of drug-likeness (QED) is 0.701. The highest BCUT2D eigenvalue weighted by molar-refractivity contribution is 7.91. The molecule has 1 aromatic rings. The third-order valence-electron chi connectivity index (χ3n) is 4.66. The van der Waals surface area contributed by atoms with Crippen LogP contribution in [0.25, 0.3) is 0 Å². The second-order valence-corrected chi connectivity index (χ2v) is 9.16. The molecule has 2 heterocycles. The second-order valence-electron chi connectivity index (χ2n) is 6.45. The van der Waals surface area contributed by atoms with Gasteiger partial charge < -0.3 is 15.4 Å². The Kier molecular flexibility index (Phi) is 5.04. The molecule has 0 aliphatic carbocycles. The van der Waals surface area contributed by atoms with Gasteiger partial charge in [-0.05, 0) is 31.0 Å². The van der Waals surface area contributed by atoms with E-state index in [1.807, 2.05) is 0 Å². The van der Waals surface area contributed by atoms with Crippen LogP contribution in [0.3, 0.4) is 0 Å². The molecular weight excluding hydrogens is 398 g/mol. The maximum Gasteiger partial charge on any atom is 0.325 e. The second kappa shape index (κ2) is 7.01. The number of hydrogen-bond donors (Lipinski definition) is 2. The van der Waals surface area contributed by atoms with Crippen LogP contribution in [-0.2, 0) is 19.4 Å². The lowest BCUT2D eigenvalue weighted by Gasteiger charge is -2.30. The number of amides is 4. The highest BCUT2D eigenvalue weighted by Gasteiger charge is 2.53. The molecule has 11 heteroatoms. The largest absolute Gasteiger partial charge is 0.495 e. The molecule has 2 aliphatic heterocycles. The van der Waals surface area contributed by atoms with Gasteiger partial charge in [0.2, 0.25) is 5.91 Å². The molecule has 146 valence electrons. The number of methoxy groups -OCH3 is 1. The number of ether oxygens (including phenoxy) is 1. The number of sulfone groups is 1. The first kappa shape index (κ1) is 19.4. The van der Waals surface area contributed by atoms with E-state index in [4.69, 9.17) is 16.3 Å². The minimum atomic E-state index is -3.20. The van der Waals surface area contributed by atoms with Gasteiger partial charge in [0.1, 0.15) is 17.8 Å². The lowest BCUT2D eigenvalue weighted by atomic mass is 9.92. The summed E-state index contributed by atoms with van der Waals surface area (Å²) in [7, 11) is -1.74. The zero-order valence-electron chi connectivity index (χ0n) is 14.5. The van der Waals surface area contributed by atoms with E-state index in [1.54, 1.807) is 12.1 Å². The van der Waals surface area contributed by atoms with Gasteiger partial charge in [-0.15, -0.1) is 0 Å². The van der Waals surface area contributed by atoms with Gasteiger partial charge in [0, 0.05) is 5.69 Å². The van der Waals surface area contributed by atoms with Crippen molar-refractivity contribution in [2.24, 2.45) is 0 Å². The summed E-state index contributed by atoms with van der Waals surface area (Å²) in [6.45, 7) is -0.483. The van der Waals surface area contributed by atoms with E-state index in [1.165, 1.54) is 13.2 Å². The molecule has 2 saturated heterocycles. The van der Waals surface area contributed by atoms with Crippen LogP contribution in [0.15, 0.2) is 18.2 Å². The standard InChI is InChI=1S/C16H18ClN3O6S/c1-26-12-3-2-10(8-11(12)17)18-13(21)9-20-14(22)16(19-15(20)23)4-6-27(24,25)7-5-16/h2-3,8H,4-7,9H2,1H3,(H,18,21)(H,19,23). The van der Waals surface area contributed by atoms with Crippen LogP contribution in [-0.4, -0.2) is 61.9 Å². The molecule has 1 spiro atoms. The number of hydrogen-bond acceptors (Lipinski definition) is 6. The van der Waals surface area contributed by atoms with E-state index in [-0.39, 0.29) is 24.3 Å². The molecule has 4 amide bonds. The molecule has 2 fully saturated rings. The van der Waals surface area contributed by atoms with Crippen LogP contribution in [0.2, 0.25) is 5.02 Å². The number of rotatable bonds is 4. The predicted octanol–water partition coefficient (Wildman–Crippen LogP) is 0.786. The summed E-state index contributed by atoms with van der Waals surface area (Å²) in [4.78, 5) is 37.9. The number of carbonyl (C=O) groups is 3. The highest BCUT2D eigenvalue weighted by Crippen LogP contribution is 2.31. The van der Waals surface area contributed by atoms with Crippen molar-refractivity contribution in [1.29, 1.82) is 0 Å². The summed E-state index contributed by atoms with van der Waals surface area (Å²) in [5, 5.41) is 5.41. The van der Waals surface area contributed by atoms with Crippen LogP contribution in [0.4, 0.5) is 10.5 Å². The van der Waals surface area contributed by atoms with Crippen molar-refractivity contribution < 1.29 is 27.5 Å². The molecule has 0 atom stereocenters. The Bertz CT molecular complexity index is 903. The molecular formula is C16H18ClN3O6S. The summed E-state index contributed by atoms with van der Waals surface area (Å²) in [6, 6.07) is 3.92. The number of benzene rings is 1. The Labute approximate surface area is 160 Å². The lowest BCUT2D eigenvalue weighted by Crippen LogP contribution is -2.52. The van der Waals surface area contributed by atoms with Crippen molar-refractivity contribution in [3.05, 3.63) is 23.2 Å². The van der Waals surface area contributed by atoms with E-state index < -0.39 is 39.8 Å². The number of urea groups is 1. The predicted molar refractivity (Wildman–Crippen MR) is 97.5 cm³/mol. The molecule has 27 heavy (non-hydrogen) atoms. The maximum atomic E-state index is 12.7. The van der Waals surface area contributed by atoms with Crippen LogP contribution in [0.5, 0.6) is 5.75 Å². The minimum absolute atomic E-state index is 0.00607. The Morgan fingerprint density at radius 3 is 2.59 bits per heavy atom. The smallest absolute Gasteiger partial charge is 0.325 e. The average Bonchev–Trinajstić information content (AvgIpc) is 2.82. The Hall–Kier alpha value is -2.33. The van der Waals surface area contributed by atoms with E-state index in [0.29, 0.717) is 16.5 Å². The molecule has 0 bridgehead atoms. The first-order valence-corrected chi connectivity index (χ1v) is 10.3. The number of anilines is 1. The van der Waals surface area contributed by atoms with Gasteiger partial charge in [0.25, 0.3) is 5.91 Å². The zero-order valence-corrected chi connectivity index (χ0v) is 16.0. The Morgan fingerprint density at radius 1 is 1.33 bits per heavy atom. The summed E-state index contributed by atoms with van der Waals surface area (Å²) in [5.41, 5.74) is -0.858. The number of halogens is 1. The molecule has 0 radical (unpaired) electrons. The van der Waals surface area contributed by atoms with Gasteiger partial charge in [-0.25, -0.2) is 13.2 Å². The van der Waals surface area contributed by atoms with Gasteiger partial charge in [0.05, 0.1) is 23.6 Å². The molecule has 3 rings (SSSR count). The monoisotopic (exact) mass is 415 g/mol. The van der Waals surface area contributed by atoms with Crippen molar-refractivity contribution >= 4 is 45.0 Å². The summed E-state index contributed by atoms with van der Waals surface area (Å²) >= 11 is 6.00. The van der Waals surface area contributed by atoms with E-state index in [9.17, 15) is 22.8 Å². The first-order chi connectivity index (χ1) is 12.7. The fourth-order valence-electron chi connectivity index (χ4n) is 3.13. The number of carbonyl (C=O) groups excluding carboxylic acids is 3. The van der Waals surface area contributed by atoms with Crippen molar-refractivity contribution in [3.8, 4) is 5.75 Å². The van der Waals surface area contributed by atoms with Gasteiger partial charge >= 0.3 is 6.03 Å². The average molecular weight is 416 g/mol. The van der Waals surface area contributed by atoms with E-state index in [2.05, 4.69) is 10.6 Å². The van der Waals surface area contributed by atoms with E-state index in [0.717, 1.165) is 4.90 Å². The molecule has 2 aliphatic rings. The normalized spacial score (nSPS) is 20.4. The van der Waals surface area contributed by atoms with Crippen LogP contribution >= 0.6 is 11.6 Å². The number of nitrogens with zero attached hydrogens (tertiary/aromatic N) is 1. The third-order valence-corrected chi connectivity index (χ3v) is 6.61. The lowest BCUT2D eigenvalue weighted by molar-refractivity contribution is -0.134. The highest BCUT2D eigenvalue weighted by atomic mass is 35.5. The summed E-state index contributed by atoms with van der Waals surface area (Å²) in [5.74, 6) is -1.07. The van der Waals surface area contributed by atoms with Gasteiger partial charge in [-0.3, -0.25) is 14.5 Å². The zero-order chi connectivity index (χ0) is 19.8. The van der Waals surface area contributed by atoms with E-state index >= 15 is 0 Å². The minimum Gasteiger partial charge on any atom is -0.495 e. The summed E-state index contributed by atoms with van der Waals surface area (Å²) < 4.78 is 28.2. The topological polar surface area (TPSA) is 122 Å². The Balaban J connectivity index is 1.67. The molecule has 2 N–H and O–H groups in total. The molecule has 0 saturated carbocycles. The fourth-order valence-corrected chi connectivity index (χ4v) is 4.91. The first-order valence-electron chi connectivity index (χ1n) is 8.14. The third kappa shape index (κ3) is 3.86. The molecule has 0 aromatic heterocycles. The van der Waals surface area contributed by atoms with Crippen LogP contribution < -0.4 is 15.4 Å². The summed E-state index contributed by atoms with van der Waals surface area (Å²) in [6.07, 6.45) is 0.0121. The van der Waals surface area contributed by atoms with Crippen LogP contribution in [0.1, 0.15) is 12.8 Å². The molecule has 9 nitrogen and oxygen atoms in total. The Morgan fingerprint density at radius 2 is 2.00 bits per heavy atom. The molecule has 1 aromatic carbocycles. The number of imide groups is 1. The van der Waals surface area contributed by atoms with Crippen molar-refractivity contribution in [2.45, 2.75) is 18.4 Å². The SMILES string of the molecule is COc1ccc(NC(=O)CN2C(=O)NC3(CCS(=O)(=O)CC3)C2=O)cc1Cl. The van der Waals surface area contributed by atoms with Crippen molar-refractivity contribution in [3.63, 3.8) is 0 Å². The number of nitrogens with one attached hydrogen (secondary N) is 2. The van der Waals surface area contributed by atoms with Crippen LogP contribution in [0, 0.1) is 0 Å². The van der Waals surface area contributed by atoms with Gasteiger partial charge in [-0.2, -0.15) is 0 Å². The van der Waals surface area contributed by atoms with Crippen molar-refractivity contribution in [1.82, 2.24) is 10.2 Å². The van der Waals surface area contributed by atoms with Gasteiger partial charge in [0.15, 0.2) is 9.84 Å². The fraction of sp³-hybridized carbons (Fsp3) is 0.438. The van der Waals surface area contributed by atoms with Gasteiger partial charge in [-0.1, -0.05) is 11.6 Å². The van der Waals surface area contributed by atoms with Crippen molar-refractivity contribution in [2.75, 3.05) is 30.5 Å². The molecule has 0 unspecified atom stereocenters.